The molecule has 2 saturated heterocycles. The highest BCUT2D eigenvalue weighted by atomic mass is 32.2. The lowest BCUT2D eigenvalue weighted by Crippen LogP contribution is -2.47. The van der Waals surface area contributed by atoms with Crippen LogP contribution in [0.4, 0.5) is 18.9 Å². The number of hydrogen-bond donors (Lipinski definition) is 0. The van der Waals surface area contributed by atoms with Crippen molar-refractivity contribution in [3.63, 3.8) is 0 Å². The second-order valence-corrected chi connectivity index (χ2v) is 30.2. The summed E-state index contributed by atoms with van der Waals surface area (Å²) in [4.78, 5) is 4.46. The topological polar surface area (TPSA) is 93.4 Å². The quantitative estimate of drug-likeness (QED) is 0.104. The van der Waals surface area contributed by atoms with E-state index in [-0.39, 0.29) is 47.8 Å². The van der Waals surface area contributed by atoms with Crippen molar-refractivity contribution < 1.29 is 40.8 Å². The molecule has 0 bridgehead atoms. The maximum Gasteiger partial charge on any atom is 0.198 e. The Balaban J connectivity index is 1.30. The van der Waals surface area contributed by atoms with Gasteiger partial charge in [0.15, 0.2) is 26.1 Å². The second kappa shape index (κ2) is 15.1. The first-order valence-electron chi connectivity index (χ1n) is 18.2. The van der Waals surface area contributed by atoms with E-state index in [4.69, 9.17) is 23.4 Å². The number of ether oxygens (including phenoxy) is 4. The van der Waals surface area contributed by atoms with E-state index < -0.39 is 60.9 Å². The summed E-state index contributed by atoms with van der Waals surface area (Å²) >= 11 is 0. The van der Waals surface area contributed by atoms with Gasteiger partial charge in [0, 0.05) is 49.1 Å². The Bertz CT molecular complexity index is 2110. The van der Waals surface area contributed by atoms with Crippen molar-refractivity contribution in [3.8, 4) is 28.3 Å². The Hall–Kier alpha value is -3.06. The number of benzene rings is 2. The van der Waals surface area contributed by atoms with Crippen LogP contribution in [-0.4, -0.2) is 86.9 Å². The Morgan fingerprint density at radius 1 is 0.889 bits per heavy atom. The highest BCUT2D eigenvalue weighted by Gasteiger charge is 2.52. The molecule has 15 heteroatoms. The summed E-state index contributed by atoms with van der Waals surface area (Å²) in [5, 5.41) is 0.0198. The van der Waals surface area contributed by atoms with Crippen molar-refractivity contribution >= 4 is 42.8 Å². The van der Waals surface area contributed by atoms with Crippen LogP contribution in [0.1, 0.15) is 20.8 Å². The van der Waals surface area contributed by atoms with Gasteiger partial charge in [0.25, 0.3) is 0 Å². The molecule has 0 radical (unpaired) electrons. The van der Waals surface area contributed by atoms with Gasteiger partial charge in [-0.25, -0.2) is 22.4 Å². The number of hydrogen-bond acceptors (Lipinski definition) is 8. The van der Waals surface area contributed by atoms with Crippen molar-refractivity contribution in [3.05, 3.63) is 66.0 Å². The first-order valence-corrected chi connectivity index (χ1v) is 27.2. The molecular formula is C39H52F3N3O6SSi2. The zero-order valence-corrected chi connectivity index (χ0v) is 35.6. The third-order valence-corrected chi connectivity index (χ3v) is 17.2. The summed E-state index contributed by atoms with van der Waals surface area (Å²) in [5.41, 5.74) is 0.833. The lowest BCUT2D eigenvalue weighted by molar-refractivity contribution is 0.00859. The number of aromatic nitrogens is 2. The Labute approximate surface area is 318 Å². The smallest absolute Gasteiger partial charge is 0.198 e. The largest absolute Gasteiger partial charge is 0.470 e. The fraction of sp³-hybridized carbons (Fsp3) is 0.513. The highest BCUT2D eigenvalue weighted by molar-refractivity contribution is 7.92. The van der Waals surface area contributed by atoms with Crippen LogP contribution >= 0.6 is 0 Å². The molecule has 294 valence electrons. The van der Waals surface area contributed by atoms with E-state index in [0.717, 1.165) is 18.2 Å². The summed E-state index contributed by atoms with van der Waals surface area (Å²) in [6, 6.07) is 12.6. The van der Waals surface area contributed by atoms with Gasteiger partial charge in [-0.1, -0.05) is 52.5 Å². The monoisotopic (exact) mass is 803 g/mol. The maximum atomic E-state index is 16.0. The minimum atomic E-state index is -2.38. The number of rotatable bonds is 12. The minimum Gasteiger partial charge on any atom is -0.470 e. The molecule has 2 fully saturated rings. The molecule has 6 rings (SSSR count). The molecule has 0 unspecified atom stereocenters. The van der Waals surface area contributed by atoms with Gasteiger partial charge < -0.3 is 23.4 Å². The van der Waals surface area contributed by atoms with Crippen LogP contribution in [0.3, 0.4) is 0 Å². The lowest BCUT2D eigenvalue weighted by Gasteiger charge is -2.39. The second-order valence-electron chi connectivity index (χ2n) is 17.3. The predicted octanol–water partition coefficient (Wildman–Crippen LogP) is 9.39. The lowest BCUT2D eigenvalue weighted by atomic mass is 10.0. The normalized spacial score (nSPS) is 20.8. The van der Waals surface area contributed by atoms with Gasteiger partial charge in [0.05, 0.1) is 41.6 Å². The Morgan fingerprint density at radius 2 is 1.50 bits per heavy atom. The molecule has 54 heavy (non-hydrogen) atoms. The molecule has 9 nitrogen and oxygen atoms in total. The van der Waals surface area contributed by atoms with Gasteiger partial charge in [-0.2, -0.15) is 4.36 Å². The van der Waals surface area contributed by atoms with Gasteiger partial charge in [-0.15, -0.1) is 0 Å². The molecule has 2 aliphatic heterocycles. The van der Waals surface area contributed by atoms with E-state index in [0.29, 0.717) is 35.9 Å². The van der Waals surface area contributed by atoms with E-state index >= 15 is 13.2 Å². The van der Waals surface area contributed by atoms with Gasteiger partial charge in [0.2, 0.25) is 0 Å². The molecule has 4 aromatic rings. The van der Waals surface area contributed by atoms with Gasteiger partial charge >= 0.3 is 0 Å². The van der Waals surface area contributed by atoms with Crippen molar-refractivity contribution in [1.82, 2.24) is 9.55 Å². The summed E-state index contributed by atoms with van der Waals surface area (Å²) in [6.07, 6.45) is 1.64. The van der Waals surface area contributed by atoms with E-state index in [9.17, 15) is 4.21 Å². The van der Waals surface area contributed by atoms with Gasteiger partial charge in [0.1, 0.15) is 36.3 Å². The van der Waals surface area contributed by atoms with Crippen LogP contribution in [0.2, 0.25) is 43.8 Å². The van der Waals surface area contributed by atoms with Crippen LogP contribution < -0.4 is 4.74 Å². The standard InChI is InChI=1S/C39H52F3N3O6SSi2/c1-39(2,3)54(9,10)51-33-22-49-37-32(21-48-38(33)37)50-34-20-30-31(45(34)23-47-15-16-53(6,7)8)19-29(42)36(43-30)35-27(40)17-25(18-28(35)41)24-11-13-26(14-12-24)44-52(4,5)46/h11-14,17-20,32-33,37-38H,15-16,21-23H2,1-10H3/t32-,33-,37-,38-/m1/s1. The van der Waals surface area contributed by atoms with Crippen LogP contribution in [0, 0.1) is 17.5 Å². The molecule has 0 saturated carbocycles. The molecule has 2 aliphatic rings. The van der Waals surface area contributed by atoms with Crippen LogP contribution in [0.15, 0.2) is 52.9 Å². The molecule has 2 aromatic heterocycles. The molecular weight excluding hydrogens is 752 g/mol. The summed E-state index contributed by atoms with van der Waals surface area (Å²) in [6.45, 7) is 18.9. The molecule has 0 aliphatic carbocycles. The average Bonchev–Trinajstić information content (AvgIpc) is 3.72. The molecule has 2 aromatic carbocycles. The fourth-order valence-corrected chi connectivity index (χ4v) is 9.04. The molecule has 0 N–H and O–H groups in total. The molecule has 4 heterocycles. The third-order valence-electron chi connectivity index (χ3n) is 10.3. The zero-order chi connectivity index (χ0) is 39.4. The SMILES string of the molecule is CC(C)(C)[Si](C)(C)O[C@@H]1CO[C@H]2[C@@H]1OC[C@H]2Oc1cc2nc(-c3c(F)cc(-c4ccc(N=S(C)(C)=O)cc4)cc3F)c(F)cc2n1COCC[Si](C)(C)C. The first kappa shape index (κ1) is 40.6. The first-order chi connectivity index (χ1) is 25.1. The Morgan fingerprint density at radius 3 is 2.09 bits per heavy atom. The Kier molecular flexibility index (Phi) is 11.4. The molecule has 4 atom stereocenters. The summed E-state index contributed by atoms with van der Waals surface area (Å²) < 4.78 is 97.1. The van der Waals surface area contributed by atoms with Gasteiger partial charge in [-0.3, -0.25) is 4.57 Å². The van der Waals surface area contributed by atoms with E-state index in [1.807, 2.05) is 0 Å². The van der Waals surface area contributed by atoms with Crippen LogP contribution in [0.5, 0.6) is 5.88 Å². The molecule has 0 spiro atoms. The van der Waals surface area contributed by atoms with E-state index in [1.165, 1.54) is 18.6 Å². The van der Waals surface area contributed by atoms with E-state index in [2.05, 4.69) is 62.9 Å². The van der Waals surface area contributed by atoms with Crippen molar-refractivity contribution in [2.45, 2.75) is 95.7 Å². The summed E-state index contributed by atoms with van der Waals surface area (Å²) in [7, 11) is -5.86. The van der Waals surface area contributed by atoms with E-state index in [1.54, 1.807) is 34.9 Å². The van der Waals surface area contributed by atoms with Crippen molar-refractivity contribution in [2.24, 2.45) is 4.36 Å². The number of fused-ring (bicyclic) bond motifs is 2. The number of halogens is 3. The number of nitrogens with zero attached hydrogens (tertiary/aromatic N) is 3. The highest BCUT2D eigenvalue weighted by Crippen LogP contribution is 2.41. The molecule has 0 amide bonds. The minimum absolute atomic E-state index is 0.0198. The predicted molar refractivity (Wildman–Crippen MR) is 213 cm³/mol. The number of pyridine rings is 1. The average molecular weight is 804 g/mol. The van der Waals surface area contributed by atoms with Crippen LogP contribution in [-0.2, 0) is 35.1 Å². The summed E-state index contributed by atoms with van der Waals surface area (Å²) in [5.74, 6) is -2.49. The van der Waals surface area contributed by atoms with Gasteiger partial charge in [-0.05, 0) is 59.6 Å². The van der Waals surface area contributed by atoms with Crippen LogP contribution in [0.25, 0.3) is 33.4 Å². The third kappa shape index (κ3) is 8.98. The maximum absolute atomic E-state index is 16.0. The fourth-order valence-electron chi connectivity index (χ4n) is 6.35. The van der Waals surface area contributed by atoms with Crippen molar-refractivity contribution in [1.29, 1.82) is 0 Å². The zero-order valence-electron chi connectivity index (χ0n) is 32.8. The van der Waals surface area contributed by atoms with Crippen molar-refractivity contribution in [2.75, 3.05) is 32.3 Å².